The summed E-state index contributed by atoms with van der Waals surface area (Å²) < 4.78 is 4.40. The van der Waals surface area contributed by atoms with Crippen molar-refractivity contribution in [1.82, 2.24) is 0 Å². The molecular weight excluding hydrogens is 164 g/mol. The molecule has 0 fully saturated rings. The van der Waals surface area contributed by atoms with Gasteiger partial charge >= 0.3 is 5.97 Å². The third-order valence-corrected chi connectivity index (χ3v) is 1.57. The van der Waals surface area contributed by atoms with Crippen LogP contribution in [0.15, 0.2) is 11.1 Å². The maximum atomic E-state index is 10.7. The molecule has 0 aromatic rings. The Kier molecular flexibility index (Phi) is 5.94. The molecule has 0 aliphatic heterocycles. The van der Waals surface area contributed by atoms with Crippen LogP contribution in [0.1, 0.15) is 26.2 Å². The summed E-state index contributed by atoms with van der Waals surface area (Å²) in [6.07, 6.45) is 4.68. The number of hydrogen-bond donors (Lipinski definition) is 0. The number of hydrogen-bond acceptors (Lipinski definition) is 2. The molecule has 0 bridgehead atoms. The van der Waals surface area contributed by atoms with Crippen LogP contribution in [0.5, 0.6) is 0 Å². The zero-order valence-corrected chi connectivity index (χ0v) is 7.65. The lowest BCUT2D eigenvalue weighted by Crippen LogP contribution is -1.99. The van der Waals surface area contributed by atoms with E-state index in [9.17, 15) is 4.79 Å². The molecule has 0 N–H and O–H groups in total. The molecule has 0 spiro atoms. The maximum absolute atomic E-state index is 10.7. The van der Waals surface area contributed by atoms with Crippen molar-refractivity contribution in [1.29, 1.82) is 0 Å². The van der Waals surface area contributed by atoms with Crippen LogP contribution in [0.25, 0.3) is 0 Å². The Balaban J connectivity index is 3.71. The molecule has 0 saturated carbocycles. The average molecular weight is 177 g/mol. The van der Waals surface area contributed by atoms with Gasteiger partial charge in [-0.05, 0) is 6.42 Å². The largest absolute Gasteiger partial charge is 0.465 e. The third kappa shape index (κ3) is 4.85. The van der Waals surface area contributed by atoms with Gasteiger partial charge < -0.3 is 4.74 Å². The third-order valence-electron chi connectivity index (χ3n) is 1.26. The molecule has 0 rings (SSSR count). The topological polar surface area (TPSA) is 26.3 Å². The average Bonchev–Trinajstić information content (AvgIpc) is 2.03. The second-order valence-electron chi connectivity index (χ2n) is 2.19. The Bertz CT molecular complexity index is 152. The molecule has 0 atom stereocenters. The lowest BCUT2D eigenvalue weighted by molar-refractivity contribution is -0.135. The van der Waals surface area contributed by atoms with E-state index in [1.807, 2.05) is 0 Å². The molecule has 11 heavy (non-hydrogen) atoms. The van der Waals surface area contributed by atoms with Crippen LogP contribution in [0, 0.1) is 0 Å². The molecule has 0 heterocycles. The first-order valence-corrected chi connectivity index (χ1v) is 4.04. The number of halogens is 1. The molecule has 64 valence electrons. The van der Waals surface area contributed by atoms with E-state index >= 15 is 0 Å². The molecule has 0 amide bonds. The lowest BCUT2D eigenvalue weighted by atomic mass is 10.2. The van der Waals surface area contributed by atoms with Gasteiger partial charge in [-0.3, -0.25) is 0 Å². The summed E-state index contributed by atoms with van der Waals surface area (Å²) in [4.78, 5) is 10.7. The predicted molar refractivity (Wildman–Crippen MR) is 45.5 cm³/mol. The maximum Gasteiger partial charge on any atom is 0.349 e. The minimum atomic E-state index is -0.456. The molecule has 2 nitrogen and oxygen atoms in total. The number of ether oxygens (including phenoxy) is 1. The predicted octanol–water partition coefficient (Wildman–Crippen LogP) is 2.47. The van der Waals surface area contributed by atoms with Crippen molar-refractivity contribution >= 4 is 17.6 Å². The van der Waals surface area contributed by atoms with E-state index in [2.05, 4.69) is 11.7 Å². The molecule has 0 radical (unpaired) electrons. The van der Waals surface area contributed by atoms with Gasteiger partial charge in [0, 0.05) is 0 Å². The summed E-state index contributed by atoms with van der Waals surface area (Å²) in [5, 5.41) is 0.181. The van der Waals surface area contributed by atoms with Gasteiger partial charge in [-0.25, -0.2) is 4.79 Å². The summed E-state index contributed by atoms with van der Waals surface area (Å²) in [7, 11) is 1.32. The fraction of sp³-hybridized carbons (Fsp3) is 0.625. The van der Waals surface area contributed by atoms with E-state index in [1.165, 1.54) is 7.11 Å². The van der Waals surface area contributed by atoms with Gasteiger partial charge in [-0.1, -0.05) is 37.4 Å². The van der Waals surface area contributed by atoms with Crippen LogP contribution in [0.2, 0.25) is 0 Å². The monoisotopic (exact) mass is 176 g/mol. The second kappa shape index (κ2) is 6.23. The van der Waals surface area contributed by atoms with Gasteiger partial charge in [0.25, 0.3) is 0 Å². The fourth-order valence-corrected chi connectivity index (χ4v) is 0.800. The van der Waals surface area contributed by atoms with E-state index in [0.717, 1.165) is 19.3 Å². The van der Waals surface area contributed by atoms with Gasteiger partial charge in [0.05, 0.1) is 7.11 Å². The first-order chi connectivity index (χ1) is 5.22. The van der Waals surface area contributed by atoms with Crippen molar-refractivity contribution in [2.24, 2.45) is 0 Å². The van der Waals surface area contributed by atoms with Crippen molar-refractivity contribution in [2.75, 3.05) is 7.11 Å². The van der Waals surface area contributed by atoms with E-state index in [4.69, 9.17) is 11.6 Å². The van der Waals surface area contributed by atoms with Crippen molar-refractivity contribution < 1.29 is 9.53 Å². The van der Waals surface area contributed by atoms with Gasteiger partial charge in [-0.2, -0.15) is 0 Å². The van der Waals surface area contributed by atoms with Crippen LogP contribution >= 0.6 is 11.6 Å². The zero-order valence-electron chi connectivity index (χ0n) is 6.89. The first-order valence-electron chi connectivity index (χ1n) is 3.66. The smallest absolute Gasteiger partial charge is 0.349 e. The quantitative estimate of drug-likeness (QED) is 0.374. The minimum absolute atomic E-state index is 0.181. The Morgan fingerprint density at radius 2 is 2.27 bits per heavy atom. The molecule has 0 aliphatic rings. The summed E-state index contributed by atoms with van der Waals surface area (Å²) in [6.45, 7) is 2.08. The van der Waals surface area contributed by atoms with Crippen molar-refractivity contribution in [2.45, 2.75) is 26.2 Å². The summed E-state index contributed by atoms with van der Waals surface area (Å²) in [5.41, 5.74) is 0. The van der Waals surface area contributed by atoms with E-state index in [-0.39, 0.29) is 5.03 Å². The first kappa shape index (κ1) is 10.5. The van der Waals surface area contributed by atoms with Crippen LogP contribution in [0.4, 0.5) is 0 Å². The zero-order chi connectivity index (χ0) is 8.69. The Hall–Kier alpha value is -0.500. The van der Waals surface area contributed by atoms with Gasteiger partial charge in [0.2, 0.25) is 0 Å². The summed E-state index contributed by atoms with van der Waals surface area (Å²) in [5.74, 6) is -0.456. The van der Waals surface area contributed by atoms with E-state index < -0.39 is 5.97 Å². The number of carbonyl (C=O) groups excluding carboxylic acids is 1. The van der Waals surface area contributed by atoms with Gasteiger partial charge in [-0.15, -0.1) is 0 Å². The van der Waals surface area contributed by atoms with Crippen LogP contribution in [0.3, 0.4) is 0 Å². The van der Waals surface area contributed by atoms with E-state index in [1.54, 1.807) is 6.08 Å². The number of esters is 1. The number of methoxy groups -OCH3 is 1. The number of carbonyl (C=O) groups is 1. The fourth-order valence-electron chi connectivity index (χ4n) is 0.614. The highest BCUT2D eigenvalue weighted by Crippen LogP contribution is 2.06. The Morgan fingerprint density at radius 3 is 2.73 bits per heavy atom. The Labute approximate surface area is 72.2 Å². The summed E-state index contributed by atoms with van der Waals surface area (Å²) >= 11 is 5.55. The van der Waals surface area contributed by atoms with E-state index in [0.29, 0.717) is 0 Å². The van der Waals surface area contributed by atoms with Crippen molar-refractivity contribution in [3.05, 3.63) is 11.1 Å². The molecule has 0 aromatic heterocycles. The van der Waals surface area contributed by atoms with Crippen LogP contribution in [-0.4, -0.2) is 13.1 Å². The lowest BCUT2D eigenvalue weighted by Gasteiger charge is -1.95. The molecule has 3 heteroatoms. The Morgan fingerprint density at radius 1 is 1.64 bits per heavy atom. The van der Waals surface area contributed by atoms with Crippen LogP contribution < -0.4 is 0 Å². The minimum Gasteiger partial charge on any atom is -0.465 e. The molecule has 0 aromatic carbocycles. The summed E-state index contributed by atoms with van der Waals surface area (Å²) in [6, 6.07) is 0. The highest BCUT2D eigenvalue weighted by molar-refractivity contribution is 6.41. The molecule has 0 aliphatic carbocycles. The molecular formula is C8H13ClO2. The highest BCUT2D eigenvalue weighted by atomic mass is 35.5. The van der Waals surface area contributed by atoms with Gasteiger partial charge in [0.1, 0.15) is 5.03 Å². The number of unbranched alkanes of at least 4 members (excludes halogenated alkanes) is 2. The SMILES string of the molecule is CCCC/C=C(\Cl)C(=O)OC. The second-order valence-corrected chi connectivity index (χ2v) is 2.59. The van der Waals surface area contributed by atoms with Gasteiger partial charge in [0.15, 0.2) is 0 Å². The molecule has 0 saturated heterocycles. The standard InChI is InChI=1S/C8H13ClO2/c1-3-4-5-6-7(9)8(10)11-2/h6H,3-5H2,1-2H3/b7-6-. The molecule has 0 unspecified atom stereocenters. The van der Waals surface area contributed by atoms with Crippen molar-refractivity contribution in [3.63, 3.8) is 0 Å². The number of rotatable bonds is 4. The normalized spacial score (nSPS) is 11.4. The highest BCUT2D eigenvalue weighted by Gasteiger charge is 2.03. The van der Waals surface area contributed by atoms with Crippen molar-refractivity contribution in [3.8, 4) is 0 Å². The van der Waals surface area contributed by atoms with Crippen LogP contribution in [-0.2, 0) is 9.53 Å². The number of allylic oxidation sites excluding steroid dienone is 1.